The van der Waals surface area contributed by atoms with Crippen molar-refractivity contribution in [2.45, 2.75) is 13.0 Å². The van der Waals surface area contributed by atoms with Gasteiger partial charge in [-0.3, -0.25) is 0 Å². The molecule has 0 saturated heterocycles. The van der Waals surface area contributed by atoms with E-state index < -0.39 is 6.10 Å². The predicted molar refractivity (Wildman–Crippen MR) is 85.4 cm³/mol. The van der Waals surface area contributed by atoms with E-state index in [1.165, 1.54) is 6.33 Å². The number of anilines is 1. The van der Waals surface area contributed by atoms with Crippen molar-refractivity contribution in [2.75, 3.05) is 11.9 Å². The van der Waals surface area contributed by atoms with Gasteiger partial charge in [0.1, 0.15) is 12.1 Å². The lowest BCUT2D eigenvalue weighted by molar-refractivity contribution is 0.191. The third-order valence-electron chi connectivity index (χ3n) is 3.19. The number of rotatable bonds is 4. The van der Waals surface area contributed by atoms with E-state index in [2.05, 4.69) is 20.4 Å². The van der Waals surface area contributed by atoms with Crippen molar-refractivity contribution < 1.29 is 5.11 Å². The SMILES string of the molecule is Cc1cc(NCC(O)c2c(Cl)cccc2Cl)n2ncnc2n1. The molecule has 8 heteroatoms. The Morgan fingerprint density at radius 3 is 2.77 bits per heavy atom. The number of halogens is 2. The molecule has 1 aromatic carbocycles. The van der Waals surface area contributed by atoms with Gasteiger partial charge in [-0.1, -0.05) is 29.3 Å². The smallest absolute Gasteiger partial charge is 0.254 e. The summed E-state index contributed by atoms with van der Waals surface area (Å²) >= 11 is 12.2. The molecule has 2 aromatic heterocycles. The molecule has 22 heavy (non-hydrogen) atoms. The van der Waals surface area contributed by atoms with Gasteiger partial charge in [0.25, 0.3) is 5.78 Å². The minimum Gasteiger partial charge on any atom is -0.386 e. The number of hydrogen-bond acceptors (Lipinski definition) is 5. The summed E-state index contributed by atoms with van der Waals surface area (Å²) in [7, 11) is 0. The molecule has 2 heterocycles. The van der Waals surface area contributed by atoms with Crippen LogP contribution in [0.25, 0.3) is 5.78 Å². The van der Waals surface area contributed by atoms with Crippen LogP contribution in [-0.4, -0.2) is 31.2 Å². The van der Waals surface area contributed by atoms with E-state index in [-0.39, 0.29) is 6.54 Å². The highest BCUT2D eigenvalue weighted by Crippen LogP contribution is 2.30. The molecule has 2 N–H and O–H groups in total. The number of aromatic nitrogens is 4. The summed E-state index contributed by atoms with van der Waals surface area (Å²) in [6.07, 6.45) is 0.571. The van der Waals surface area contributed by atoms with E-state index >= 15 is 0 Å². The first-order valence-corrected chi connectivity index (χ1v) is 7.35. The summed E-state index contributed by atoms with van der Waals surface area (Å²) in [6.45, 7) is 2.09. The van der Waals surface area contributed by atoms with E-state index in [1.54, 1.807) is 22.7 Å². The van der Waals surface area contributed by atoms with Crippen molar-refractivity contribution in [1.29, 1.82) is 0 Å². The maximum absolute atomic E-state index is 10.3. The average molecular weight is 338 g/mol. The number of aliphatic hydroxyl groups is 1. The Labute approximate surface area is 136 Å². The molecule has 3 aromatic rings. The summed E-state index contributed by atoms with van der Waals surface area (Å²) in [4.78, 5) is 8.30. The van der Waals surface area contributed by atoms with Gasteiger partial charge in [-0.25, -0.2) is 4.98 Å². The number of nitrogens with one attached hydrogen (secondary N) is 1. The fourth-order valence-electron chi connectivity index (χ4n) is 2.19. The van der Waals surface area contributed by atoms with Crippen molar-refractivity contribution in [1.82, 2.24) is 19.6 Å². The largest absolute Gasteiger partial charge is 0.386 e. The molecule has 6 nitrogen and oxygen atoms in total. The average Bonchev–Trinajstić information content (AvgIpc) is 2.92. The van der Waals surface area contributed by atoms with Crippen molar-refractivity contribution in [3.63, 3.8) is 0 Å². The predicted octanol–water partition coefficient (Wildman–Crippen LogP) is 2.89. The van der Waals surface area contributed by atoms with Crippen molar-refractivity contribution >= 4 is 34.8 Å². The Morgan fingerprint density at radius 2 is 2.05 bits per heavy atom. The van der Waals surface area contributed by atoms with Crippen LogP contribution >= 0.6 is 23.2 Å². The van der Waals surface area contributed by atoms with Gasteiger partial charge in [0.15, 0.2) is 0 Å². The van der Waals surface area contributed by atoms with E-state index in [4.69, 9.17) is 23.2 Å². The number of fused-ring (bicyclic) bond motifs is 1. The Kier molecular flexibility index (Phi) is 4.15. The maximum atomic E-state index is 10.3. The van der Waals surface area contributed by atoms with Crippen molar-refractivity contribution in [3.05, 3.63) is 51.9 Å². The summed E-state index contributed by atoms with van der Waals surface area (Å²) in [5.41, 5.74) is 1.30. The summed E-state index contributed by atoms with van der Waals surface area (Å²) in [5, 5.41) is 18.4. The topological polar surface area (TPSA) is 75.3 Å². The van der Waals surface area contributed by atoms with Crippen LogP contribution in [0.3, 0.4) is 0 Å². The van der Waals surface area contributed by atoms with E-state index in [9.17, 15) is 5.11 Å². The molecule has 0 aliphatic carbocycles. The molecular weight excluding hydrogens is 325 g/mol. The van der Waals surface area contributed by atoms with Gasteiger partial charge in [-0.05, 0) is 19.1 Å². The highest BCUT2D eigenvalue weighted by Gasteiger charge is 2.16. The molecule has 0 spiro atoms. The fraction of sp³-hybridized carbons (Fsp3) is 0.214. The van der Waals surface area contributed by atoms with Crippen LogP contribution in [0.2, 0.25) is 10.0 Å². The van der Waals surface area contributed by atoms with Crippen LogP contribution < -0.4 is 5.32 Å². The second kappa shape index (κ2) is 6.08. The molecule has 3 rings (SSSR count). The minimum absolute atomic E-state index is 0.224. The molecule has 0 bridgehead atoms. The number of hydrogen-bond donors (Lipinski definition) is 2. The highest BCUT2D eigenvalue weighted by atomic mass is 35.5. The standard InChI is InChI=1S/C14H13Cl2N5O/c1-8-5-12(21-14(20-8)18-7-19-21)17-6-11(22)13-9(15)3-2-4-10(13)16/h2-5,7,11,17,22H,6H2,1H3. The quantitative estimate of drug-likeness (QED) is 0.765. The Hall–Kier alpha value is -1.89. The first-order valence-electron chi connectivity index (χ1n) is 6.59. The molecule has 0 fully saturated rings. The van der Waals surface area contributed by atoms with E-state index in [1.807, 2.05) is 13.0 Å². The second-order valence-corrected chi connectivity index (χ2v) is 5.60. The van der Waals surface area contributed by atoms with E-state index in [0.29, 0.717) is 27.2 Å². The molecule has 1 unspecified atom stereocenters. The van der Waals surface area contributed by atoms with Crippen LogP contribution in [0.5, 0.6) is 0 Å². The van der Waals surface area contributed by atoms with Crippen molar-refractivity contribution in [2.24, 2.45) is 0 Å². The zero-order valence-corrected chi connectivity index (χ0v) is 13.2. The Morgan fingerprint density at radius 1 is 1.32 bits per heavy atom. The number of aliphatic hydroxyl groups excluding tert-OH is 1. The summed E-state index contributed by atoms with van der Waals surface area (Å²) < 4.78 is 1.56. The summed E-state index contributed by atoms with van der Waals surface area (Å²) in [5.74, 6) is 1.18. The maximum Gasteiger partial charge on any atom is 0.254 e. The van der Waals surface area contributed by atoms with Crippen LogP contribution in [-0.2, 0) is 0 Å². The zero-order valence-electron chi connectivity index (χ0n) is 11.7. The molecule has 0 aliphatic rings. The molecule has 1 atom stereocenters. The third kappa shape index (κ3) is 2.85. The molecule has 0 aliphatic heterocycles. The lowest BCUT2D eigenvalue weighted by Crippen LogP contribution is -2.15. The molecule has 0 saturated carbocycles. The number of benzene rings is 1. The zero-order chi connectivity index (χ0) is 15.7. The molecule has 0 radical (unpaired) electrons. The van der Waals surface area contributed by atoms with E-state index in [0.717, 1.165) is 5.69 Å². The second-order valence-electron chi connectivity index (χ2n) is 4.79. The molecular formula is C14H13Cl2N5O. The summed E-state index contributed by atoms with van der Waals surface area (Å²) in [6, 6.07) is 6.94. The van der Waals surface area contributed by atoms with Crippen molar-refractivity contribution in [3.8, 4) is 0 Å². The third-order valence-corrected chi connectivity index (χ3v) is 3.85. The molecule has 0 amide bonds. The van der Waals surface area contributed by atoms with Crippen LogP contribution in [0, 0.1) is 6.92 Å². The Balaban J connectivity index is 1.83. The lowest BCUT2D eigenvalue weighted by atomic mass is 10.1. The van der Waals surface area contributed by atoms with Gasteiger partial charge < -0.3 is 10.4 Å². The van der Waals surface area contributed by atoms with Gasteiger partial charge in [0.2, 0.25) is 0 Å². The van der Waals surface area contributed by atoms with Crippen LogP contribution in [0.1, 0.15) is 17.4 Å². The highest BCUT2D eigenvalue weighted by molar-refractivity contribution is 6.36. The number of nitrogens with zero attached hydrogens (tertiary/aromatic N) is 4. The lowest BCUT2D eigenvalue weighted by Gasteiger charge is -2.16. The van der Waals surface area contributed by atoms with Gasteiger partial charge in [0, 0.05) is 33.9 Å². The van der Waals surface area contributed by atoms with Gasteiger partial charge >= 0.3 is 0 Å². The minimum atomic E-state index is -0.853. The number of aryl methyl sites for hydroxylation is 1. The van der Waals surface area contributed by atoms with Crippen LogP contribution in [0.15, 0.2) is 30.6 Å². The van der Waals surface area contributed by atoms with Crippen LogP contribution in [0.4, 0.5) is 5.82 Å². The fourth-order valence-corrected chi connectivity index (χ4v) is 2.84. The monoisotopic (exact) mass is 337 g/mol. The van der Waals surface area contributed by atoms with Gasteiger partial charge in [-0.2, -0.15) is 14.6 Å². The molecule has 114 valence electrons. The van der Waals surface area contributed by atoms with Gasteiger partial charge in [-0.15, -0.1) is 0 Å². The normalized spacial score (nSPS) is 12.5. The van der Waals surface area contributed by atoms with Gasteiger partial charge in [0.05, 0.1) is 6.10 Å². The first-order chi connectivity index (χ1) is 10.6. The Bertz CT molecular complexity index is 800. The first kappa shape index (κ1) is 15.0.